The van der Waals surface area contributed by atoms with Crippen molar-refractivity contribution in [2.75, 3.05) is 6.61 Å². The van der Waals surface area contributed by atoms with Crippen LogP contribution in [-0.4, -0.2) is 20.1 Å². The molecule has 2 rings (SSSR count). The summed E-state index contributed by atoms with van der Waals surface area (Å²) in [4.78, 5) is -0.734. The molecule has 2 aromatic carbocycles. The standard InChI is InChI=1S/C16H17F2NO3S/c17-13-8-4-10-15(16(13)18)23(21,22)19-14(9-5-11-20)12-6-2-1-3-7-12/h1-4,6-8,10,14,19-20H,5,9,11H2. The van der Waals surface area contributed by atoms with Gasteiger partial charge in [-0.25, -0.2) is 21.9 Å². The molecule has 0 amide bonds. The van der Waals surface area contributed by atoms with E-state index >= 15 is 0 Å². The Hall–Kier alpha value is -1.83. The predicted molar refractivity (Wildman–Crippen MR) is 82.2 cm³/mol. The molecule has 0 aliphatic rings. The summed E-state index contributed by atoms with van der Waals surface area (Å²) in [5, 5.41) is 8.97. The van der Waals surface area contributed by atoms with Crippen LogP contribution in [0.1, 0.15) is 24.4 Å². The summed E-state index contributed by atoms with van der Waals surface area (Å²) in [7, 11) is -4.24. The van der Waals surface area contributed by atoms with Gasteiger partial charge in [0.05, 0.1) is 0 Å². The highest BCUT2D eigenvalue weighted by Crippen LogP contribution is 2.23. The maximum atomic E-state index is 13.8. The lowest BCUT2D eigenvalue weighted by Gasteiger charge is -2.19. The quantitative estimate of drug-likeness (QED) is 0.814. The average molecular weight is 341 g/mol. The molecule has 0 aliphatic carbocycles. The Balaban J connectivity index is 2.32. The lowest BCUT2D eigenvalue weighted by atomic mass is 10.0. The van der Waals surface area contributed by atoms with Crippen molar-refractivity contribution in [2.45, 2.75) is 23.8 Å². The molecule has 124 valence electrons. The molecule has 0 saturated carbocycles. The molecule has 1 atom stereocenters. The number of hydrogen-bond acceptors (Lipinski definition) is 3. The zero-order chi connectivity index (χ0) is 16.9. The molecule has 0 heterocycles. The van der Waals surface area contributed by atoms with Crippen molar-refractivity contribution in [3.05, 3.63) is 65.7 Å². The van der Waals surface area contributed by atoms with Crippen LogP contribution < -0.4 is 4.72 Å². The summed E-state index contributed by atoms with van der Waals surface area (Å²) in [6, 6.07) is 11.1. The minimum atomic E-state index is -4.24. The van der Waals surface area contributed by atoms with E-state index in [4.69, 9.17) is 5.11 Å². The van der Waals surface area contributed by atoms with Crippen molar-refractivity contribution >= 4 is 10.0 Å². The zero-order valence-corrected chi connectivity index (χ0v) is 13.1. The van der Waals surface area contributed by atoms with Crippen molar-refractivity contribution < 1.29 is 22.3 Å². The Morgan fingerprint density at radius 2 is 1.74 bits per heavy atom. The Morgan fingerprint density at radius 1 is 1.04 bits per heavy atom. The van der Waals surface area contributed by atoms with E-state index in [-0.39, 0.29) is 6.61 Å². The van der Waals surface area contributed by atoms with E-state index in [1.54, 1.807) is 30.3 Å². The molecule has 0 fully saturated rings. The molecular formula is C16H17F2NO3S. The number of rotatable bonds is 7. The third-order valence-corrected chi connectivity index (χ3v) is 4.85. The van der Waals surface area contributed by atoms with Gasteiger partial charge in [0.1, 0.15) is 4.90 Å². The fourth-order valence-corrected chi connectivity index (χ4v) is 3.56. The molecule has 0 spiro atoms. The van der Waals surface area contributed by atoms with E-state index < -0.39 is 32.6 Å². The summed E-state index contributed by atoms with van der Waals surface area (Å²) in [6.07, 6.45) is 0.699. The molecule has 0 bridgehead atoms. The van der Waals surface area contributed by atoms with Crippen molar-refractivity contribution in [1.29, 1.82) is 0 Å². The van der Waals surface area contributed by atoms with E-state index in [0.717, 1.165) is 18.2 Å². The highest BCUT2D eigenvalue weighted by Gasteiger charge is 2.25. The highest BCUT2D eigenvalue weighted by molar-refractivity contribution is 7.89. The van der Waals surface area contributed by atoms with E-state index in [1.807, 2.05) is 0 Å². The topological polar surface area (TPSA) is 66.4 Å². The van der Waals surface area contributed by atoms with Gasteiger partial charge in [-0.05, 0) is 30.5 Å². The fraction of sp³-hybridized carbons (Fsp3) is 0.250. The first kappa shape index (κ1) is 17.5. The molecule has 0 aliphatic heterocycles. The van der Waals surface area contributed by atoms with Crippen LogP contribution in [0.25, 0.3) is 0 Å². The maximum Gasteiger partial charge on any atom is 0.244 e. The molecule has 0 aromatic heterocycles. The summed E-state index contributed by atoms with van der Waals surface area (Å²) in [6.45, 7) is -0.0978. The summed E-state index contributed by atoms with van der Waals surface area (Å²) < 4.78 is 54.2. The smallest absolute Gasteiger partial charge is 0.244 e. The van der Waals surface area contributed by atoms with Crippen LogP contribution in [0, 0.1) is 11.6 Å². The first-order chi connectivity index (χ1) is 11.0. The van der Waals surface area contributed by atoms with Gasteiger partial charge in [0.2, 0.25) is 10.0 Å². The van der Waals surface area contributed by atoms with Crippen molar-refractivity contribution in [3.63, 3.8) is 0 Å². The second-order valence-electron chi connectivity index (χ2n) is 5.00. The number of benzene rings is 2. The van der Waals surface area contributed by atoms with E-state index in [9.17, 15) is 17.2 Å². The minimum Gasteiger partial charge on any atom is -0.396 e. The molecule has 4 nitrogen and oxygen atoms in total. The maximum absolute atomic E-state index is 13.8. The first-order valence-electron chi connectivity index (χ1n) is 7.08. The molecule has 0 saturated heterocycles. The third kappa shape index (κ3) is 4.34. The van der Waals surface area contributed by atoms with Crippen molar-refractivity contribution in [3.8, 4) is 0 Å². The average Bonchev–Trinajstić information content (AvgIpc) is 2.54. The van der Waals surface area contributed by atoms with Crippen LogP contribution in [0.4, 0.5) is 8.78 Å². The lowest BCUT2D eigenvalue weighted by molar-refractivity contribution is 0.278. The van der Waals surface area contributed by atoms with Gasteiger partial charge in [-0.3, -0.25) is 0 Å². The van der Waals surface area contributed by atoms with Gasteiger partial charge in [0, 0.05) is 12.6 Å². The third-order valence-electron chi connectivity index (χ3n) is 3.36. The number of sulfonamides is 1. The van der Waals surface area contributed by atoms with Crippen LogP contribution in [-0.2, 0) is 10.0 Å². The Morgan fingerprint density at radius 3 is 2.39 bits per heavy atom. The number of hydrogen-bond donors (Lipinski definition) is 2. The van der Waals surface area contributed by atoms with Crippen LogP contribution in [0.2, 0.25) is 0 Å². The van der Waals surface area contributed by atoms with Crippen LogP contribution in [0.5, 0.6) is 0 Å². The van der Waals surface area contributed by atoms with Gasteiger partial charge < -0.3 is 5.11 Å². The van der Waals surface area contributed by atoms with Crippen LogP contribution >= 0.6 is 0 Å². The SMILES string of the molecule is O=S(=O)(NC(CCCO)c1ccccc1)c1cccc(F)c1F. The monoisotopic (exact) mass is 341 g/mol. The molecule has 1 unspecified atom stereocenters. The van der Waals surface area contributed by atoms with Crippen LogP contribution in [0.3, 0.4) is 0 Å². The second kappa shape index (κ2) is 7.63. The van der Waals surface area contributed by atoms with Gasteiger partial charge in [0.25, 0.3) is 0 Å². The first-order valence-corrected chi connectivity index (χ1v) is 8.56. The predicted octanol–water partition coefficient (Wildman–Crippen LogP) is 2.76. The largest absolute Gasteiger partial charge is 0.396 e. The van der Waals surface area contributed by atoms with Crippen molar-refractivity contribution in [2.24, 2.45) is 0 Å². The molecule has 0 radical (unpaired) electrons. The van der Waals surface area contributed by atoms with Gasteiger partial charge in [0.15, 0.2) is 11.6 Å². The lowest BCUT2D eigenvalue weighted by Crippen LogP contribution is -2.29. The molecule has 2 N–H and O–H groups in total. The zero-order valence-electron chi connectivity index (χ0n) is 12.2. The fourth-order valence-electron chi connectivity index (χ4n) is 2.22. The van der Waals surface area contributed by atoms with E-state index in [1.165, 1.54) is 0 Å². The number of halogens is 2. The normalized spacial score (nSPS) is 13.0. The second-order valence-corrected chi connectivity index (χ2v) is 6.68. The van der Waals surface area contributed by atoms with Gasteiger partial charge >= 0.3 is 0 Å². The van der Waals surface area contributed by atoms with Gasteiger partial charge in [-0.1, -0.05) is 36.4 Å². The van der Waals surface area contributed by atoms with Crippen LogP contribution in [0.15, 0.2) is 53.4 Å². The minimum absolute atomic E-state index is 0.0978. The Labute approximate surface area is 133 Å². The van der Waals surface area contributed by atoms with E-state index in [0.29, 0.717) is 18.4 Å². The number of aliphatic hydroxyl groups is 1. The van der Waals surface area contributed by atoms with E-state index in [2.05, 4.69) is 4.72 Å². The number of aliphatic hydroxyl groups excluding tert-OH is 1. The van der Waals surface area contributed by atoms with Gasteiger partial charge in [-0.15, -0.1) is 0 Å². The highest BCUT2D eigenvalue weighted by atomic mass is 32.2. The number of nitrogens with one attached hydrogen (secondary N) is 1. The summed E-state index contributed by atoms with van der Waals surface area (Å²) >= 11 is 0. The molecule has 2 aromatic rings. The Bertz CT molecular complexity index is 751. The van der Waals surface area contributed by atoms with Crippen molar-refractivity contribution in [1.82, 2.24) is 4.72 Å². The Kier molecular flexibility index (Phi) is 5.81. The molecular weight excluding hydrogens is 324 g/mol. The molecule has 23 heavy (non-hydrogen) atoms. The van der Waals surface area contributed by atoms with Gasteiger partial charge in [-0.2, -0.15) is 0 Å². The summed E-state index contributed by atoms with van der Waals surface area (Å²) in [5.41, 5.74) is 0.682. The molecule has 7 heteroatoms. The summed E-state index contributed by atoms with van der Waals surface area (Å²) in [5.74, 6) is -2.63.